The molecule has 0 saturated carbocycles. The first-order valence-corrected chi connectivity index (χ1v) is 8.26. The number of aromatic nitrogens is 1. The van der Waals surface area contributed by atoms with Crippen molar-refractivity contribution in [3.8, 4) is 0 Å². The van der Waals surface area contributed by atoms with E-state index in [-0.39, 0.29) is 12.5 Å². The van der Waals surface area contributed by atoms with Gasteiger partial charge in [0.05, 0.1) is 12.3 Å². The first kappa shape index (κ1) is 16.3. The summed E-state index contributed by atoms with van der Waals surface area (Å²) in [5, 5.41) is 9.23. The van der Waals surface area contributed by atoms with E-state index in [1.165, 1.54) is 4.90 Å². The second-order valence-corrected chi connectivity index (χ2v) is 6.37. The summed E-state index contributed by atoms with van der Waals surface area (Å²) in [6, 6.07) is 2.01. The molecule has 6 heteroatoms. The molecular weight excluding hydrogens is 286 g/mol. The molecule has 1 N–H and O–H groups in total. The van der Waals surface area contributed by atoms with Gasteiger partial charge in [-0.15, -0.1) is 11.8 Å². The van der Waals surface area contributed by atoms with Gasteiger partial charge in [0, 0.05) is 56.5 Å². The first-order chi connectivity index (χ1) is 10.1. The lowest BCUT2D eigenvalue weighted by Crippen LogP contribution is -2.48. The summed E-state index contributed by atoms with van der Waals surface area (Å²) < 4.78 is 0. The van der Waals surface area contributed by atoms with Crippen molar-refractivity contribution in [2.45, 2.75) is 25.3 Å². The van der Waals surface area contributed by atoms with Gasteiger partial charge in [-0.25, -0.2) is 0 Å². The SMILES string of the molecule is CC(=O)N1CCN(CCSc2ccnc(CO)c2C)CC1. The standard InChI is InChI=1S/C15H23N3O2S/c1-12-14(11-19)16-4-3-15(12)21-10-9-17-5-7-18(8-6-17)13(2)20/h3-4,19H,5-11H2,1-2H3. The molecule has 1 amide bonds. The van der Waals surface area contributed by atoms with Crippen LogP contribution in [0.2, 0.25) is 0 Å². The van der Waals surface area contributed by atoms with Crippen LogP contribution in [0.15, 0.2) is 17.2 Å². The van der Waals surface area contributed by atoms with Gasteiger partial charge in [-0.05, 0) is 18.6 Å². The predicted octanol–water partition coefficient (Wildman–Crippen LogP) is 1.14. The van der Waals surface area contributed by atoms with E-state index in [0.717, 1.165) is 49.7 Å². The van der Waals surface area contributed by atoms with Gasteiger partial charge < -0.3 is 10.0 Å². The summed E-state index contributed by atoms with van der Waals surface area (Å²) in [5.74, 6) is 1.18. The maximum atomic E-state index is 11.3. The molecule has 21 heavy (non-hydrogen) atoms. The first-order valence-electron chi connectivity index (χ1n) is 7.28. The molecule has 1 aliphatic rings. The van der Waals surface area contributed by atoms with E-state index in [1.807, 2.05) is 17.9 Å². The molecule has 0 bridgehead atoms. The van der Waals surface area contributed by atoms with E-state index in [2.05, 4.69) is 9.88 Å². The predicted molar refractivity (Wildman–Crippen MR) is 84.3 cm³/mol. The van der Waals surface area contributed by atoms with Crippen LogP contribution in [-0.4, -0.2) is 64.3 Å². The van der Waals surface area contributed by atoms with E-state index in [4.69, 9.17) is 0 Å². The van der Waals surface area contributed by atoms with Crippen molar-refractivity contribution in [1.82, 2.24) is 14.8 Å². The summed E-state index contributed by atoms with van der Waals surface area (Å²) in [6.07, 6.45) is 1.76. The highest BCUT2D eigenvalue weighted by Gasteiger charge is 2.18. The number of aliphatic hydroxyl groups is 1. The van der Waals surface area contributed by atoms with E-state index in [9.17, 15) is 9.90 Å². The molecule has 0 aromatic carbocycles. The Bertz CT molecular complexity index is 488. The van der Waals surface area contributed by atoms with Crippen LogP contribution >= 0.6 is 11.8 Å². The van der Waals surface area contributed by atoms with E-state index < -0.39 is 0 Å². The molecule has 2 rings (SSSR count). The van der Waals surface area contributed by atoms with Gasteiger partial charge in [0.25, 0.3) is 0 Å². The number of hydrogen-bond acceptors (Lipinski definition) is 5. The maximum Gasteiger partial charge on any atom is 0.219 e. The number of rotatable bonds is 5. The zero-order valence-corrected chi connectivity index (χ0v) is 13.5. The highest BCUT2D eigenvalue weighted by Crippen LogP contribution is 2.23. The summed E-state index contributed by atoms with van der Waals surface area (Å²) >= 11 is 1.80. The Morgan fingerprint density at radius 3 is 2.71 bits per heavy atom. The summed E-state index contributed by atoms with van der Waals surface area (Å²) in [5.41, 5.74) is 1.83. The van der Waals surface area contributed by atoms with Crippen molar-refractivity contribution < 1.29 is 9.90 Å². The molecule has 1 saturated heterocycles. The van der Waals surface area contributed by atoms with Crippen molar-refractivity contribution in [3.05, 3.63) is 23.5 Å². The van der Waals surface area contributed by atoms with Crippen LogP contribution in [0.1, 0.15) is 18.2 Å². The second kappa shape index (κ2) is 7.77. The zero-order chi connectivity index (χ0) is 15.2. The minimum absolute atomic E-state index is 0.00671. The van der Waals surface area contributed by atoms with Gasteiger partial charge in [-0.1, -0.05) is 0 Å². The second-order valence-electron chi connectivity index (χ2n) is 5.24. The van der Waals surface area contributed by atoms with E-state index >= 15 is 0 Å². The monoisotopic (exact) mass is 309 g/mol. The number of piperazine rings is 1. The zero-order valence-electron chi connectivity index (χ0n) is 12.7. The van der Waals surface area contributed by atoms with Crippen LogP contribution in [0.4, 0.5) is 0 Å². The Morgan fingerprint density at radius 1 is 1.38 bits per heavy atom. The van der Waals surface area contributed by atoms with Crippen molar-refractivity contribution in [2.75, 3.05) is 38.5 Å². The minimum atomic E-state index is -0.00671. The molecule has 0 unspecified atom stereocenters. The molecule has 1 fully saturated rings. The molecular formula is C15H23N3O2S. The topological polar surface area (TPSA) is 56.7 Å². The maximum absolute atomic E-state index is 11.3. The number of amides is 1. The van der Waals surface area contributed by atoms with Gasteiger partial charge in [0.15, 0.2) is 0 Å². The van der Waals surface area contributed by atoms with E-state index in [0.29, 0.717) is 0 Å². The van der Waals surface area contributed by atoms with Gasteiger partial charge in [0.2, 0.25) is 5.91 Å². The van der Waals surface area contributed by atoms with Gasteiger partial charge in [-0.2, -0.15) is 0 Å². The van der Waals surface area contributed by atoms with Gasteiger partial charge in [-0.3, -0.25) is 14.7 Å². The number of pyridine rings is 1. The molecule has 0 spiro atoms. The Kier molecular flexibility index (Phi) is 6.02. The quantitative estimate of drug-likeness (QED) is 0.827. The third kappa shape index (κ3) is 4.43. The number of aliphatic hydroxyl groups excluding tert-OH is 1. The van der Waals surface area contributed by atoms with Crippen LogP contribution in [0.3, 0.4) is 0 Å². The summed E-state index contributed by atoms with van der Waals surface area (Å²) in [4.78, 5) is 20.9. The van der Waals surface area contributed by atoms with Crippen LogP contribution in [0.25, 0.3) is 0 Å². The number of carbonyl (C=O) groups is 1. The van der Waals surface area contributed by atoms with Gasteiger partial charge >= 0.3 is 0 Å². The molecule has 5 nitrogen and oxygen atoms in total. The van der Waals surface area contributed by atoms with E-state index in [1.54, 1.807) is 24.9 Å². The Hall–Kier alpha value is -1.11. The average molecular weight is 309 g/mol. The van der Waals surface area contributed by atoms with Crippen LogP contribution < -0.4 is 0 Å². The van der Waals surface area contributed by atoms with Crippen LogP contribution in [-0.2, 0) is 11.4 Å². The molecule has 1 aliphatic heterocycles. The normalized spacial score (nSPS) is 16.2. The lowest BCUT2D eigenvalue weighted by atomic mass is 10.2. The van der Waals surface area contributed by atoms with Crippen molar-refractivity contribution in [2.24, 2.45) is 0 Å². The lowest BCUT2D eigenvalue weighted by Gasteiger charge is -2.34. The van der Waals surface area contributed by atoms with Gasteiger partial charge in [0.1, 0.15) is 0 Å². The molecule has 116 valence electrons. The summed E-state index contributed by atoms with van der Waals surface area (Å²) in [6.45, 7) is 8.24. The Labute approximate surface area is 130 Å². The minimum Gasteiger partial charge on any atom is -0.390 e. The van der Waals surface area contributed by atoms with Crippen molar-refractivity contribution in [3.63, 3.8) is 0 Å². The average Bonchev–Trinajstić information content (AvgIpc) is 2.49. The van der Waals surface area contributed by atoms with Crippen molar-refractivity contribution in [1.29, 1.82) is 0 Å². The number of nitrogens with zero attached hydrogens (tertiary/aromatic N) is 3. The molecule has 1 aromatic heterocycles. The molecule has 0 atom stereocenters. The van der Waals surface area contributed by atoms with Crippen LogP contribution in [0.5, 0.6) is 0 Å². The van der Waals surface area contributed by atoms with Crippen molar-refractivity contribution >= 4 is 17.7 Å². The highest BCUT2D eigenvalue weighted by atomic mass is 32.2. The number of hydrogen-bond donors (Lipinski definition) is 1. The molecule has 2 heterocycles. The fourth-order valence-electron chi connectivity index (χ4n) is 2.45. The lowest BCUT2D eigenvalue weighted by molar-refractivity contribution is -0.130. The number of thioether (sulfide) groups is 1. The summed E-state index contributed by atoms with van der Waals surface area (Å²) in [7, 11) is 0. The largest absolute Gasteiger partial charge is 0.390 e. The Morgan fingerprint density at radius 2 is 2.10 bits per heavy atom. The third-order valence-electron chi connectivity index (χ3n) is 3.89. The molecule has 1 aromatic rings. The third-order valence-corrected chi connectivity index (χ3v) is 5.03. The Balaban J connectivity index is 1.77. The molecule has 0 radical (unpaired) electrons. The number of carbonyl (C=O) groups excluding carboxylic acids is 1. The highest BCUT2D eigenvalue weighted by molar-refractivity contribution is 7.99. The van der Waals surface area contributed by atoms with Crippen LogP contribution in [0, 0.1) is 6.92 Å². The smallest absolute Gasteiger partial charge is 0.219 e. The fraction of sp³-hybridized carbons (Fsp3) is 0.600. The fourth-order valence-corrected chi connectivity index (χ4v) is 3.51. The molecule has 0 aliphatic carbocycles.